The molecular formula is C15H20N4O2S. The van der Waals surface area contributed by atoms with E-state index in [9.17, 15) is 8.42 Å². The second-order valence-electron chi connectivity index (χ2n) is 5.58. The van der Waals surface area contributed by atoms with E-state index >= 15 is 0 Å². The van der Waals surface area contributed by atoms with Crippen molar-refractivity contribution in [2.24, 2.45) is 0 Å². The van der Waals surface area contributed by atoms with E-state index in [2.05, 4.69) is 15.4 Å². The van der Waals surface area contributed by atoms with Crippen molar-refractivity contribution in [1.29, 1.82) is 0 Å². The topological polar surface area (TPSA) is 76.9 Å². The Morgan fingerprint density at radius 3 is 2.86 bits per heavy atom. The summed E-state index contributed by atoms with van der Waals surface area (Å²) in [6.45, 7) is 3.09. The molecule has 0 amide bonds. The Hall–Kier alpha value is -1.73. The third-order valence-corrected chi connectivity index (χ3v) is 5.60. The summed E-state index contributed by atoms with van der Waals surface area (Å²) in [5.41, 5.74) is 0. The summed E-state index contributed by atoms with van der Waals surface area (Å²) in [6, 6.07) is 8.84. The number of benzene rings is 1. The highest BCUT2D eigenvalue weighted by Gasteiger charge is 2.21. The van der Waals surface area contributed by atoms with E-state index < -0.39 is 9.84 Å². The van der Waals surface area contributed by atoms with Crippen LogP contribution >= 0.6 is 0 Å². The fraction of sp³-hybridized carbons (Fsp3) is 0.467. The highest BCUT2D eigenvalue weighted by molar-refractivity contribution is 7.91. The summed E-state index contributed by atoms with van der Waals surface area (Å²) in [5, 5.41) is 7.68. The second-order valence-corrected chi connectivity index (χ2v) is 7.69. The lowest BCUT2D eigenvalue weighted by Crippen LogP contribution is -2.40. The maximum atomic E-state index is 12.2. The minimum Gasteiger partial charge on any atom is -0.311 e. The van der Waals surface area contributed by atoms with Crippen molar-refractivity contribution < 1.29 is 8.42 Å². The fourth-order valence-electron chi connectivity index (χ4n) is 2.74. The second kappa shape index (κ2) is 6.18. The number of hydrogen-bond acceptors (Lipinski definition) is 5. The zero-order valence-electron chi connectivity index (χ0n) is 12.6. The van der Waals surface area contributed by atoms with Crippen LogP contribution in [0.2, 0.25) is 0 Å². The summed E-state index contributed by atoms with van der Waals surface area (Å²) < 4.78 is 26.3. The van der Waals surface area contributed by atoms with Gasteiger partial charge in [0, 0.05) is 19.0 Å². The van der Waals surface area contributed by atoms with E-state index in [0.717, 1.165) is 31.0 Å². The number of aromatic nitrogens is 3. The van der Waals surface area contributed by atoms with E-state index in [1.165, 1.54) is 0 Å². The van der Waals surface area contributed by atoms with Crippen LogP contribution in [-0.2, 0) is 22.8 Å². The number of rotatable bonds is 5. The van der Waals surface area contributed by atoms with Gasteiger partial charge in [-0.2, -0.15) is 5.10 Å². The molecule has 1 aromatic heterocycles. The predicted octanol–water partition coefficient (Wildman–Crippen LogP) is 0.965. The summed E-state index contributed by atoms with van der Waals surface area (Å²) in [5.74, 6) is 1.92. The van der Waals surface area contributed by atoms with Crippen LogP contribution in [0.3, 0.4) is 0 Å². The van der Waals surface area contributed by atoms with Gasteiger partial charge < -0.3 is 5.32 Å². The van der Waals surface area contributed by atoms with E-state index in [-0.39, 0.29) is 11.8 Å². The van der Waals surface area contributed by atoms with Gasteiger partial charge in [-0.3, -0.25) is 0 Å². The Bertz CT molecular complexity index is 740. The standard InChI is InChI=1S/C15H20N4O2S/c1-12-17-15-8-7-13(11-19(15)18-12)16-9-10-22(20,21)14-5-3-2-4-6-14/h2-6,13,16H,7-11H2,1H3/t13-/m0/s1. The number of nitrogens with zero attached hydrogens (tertiary/aromatic N) is 3. The van der Waals surface area contributed by atoms with Crippen molar-refractivity contribution in [3.05, 3.63) is 42.0 Å². The monoisotopic (exact) mass is 320 g/mol. The van der Waals surface area contributed by atoms with Crippen molar-refractivity contribution in [3.63, 3.8) is 0 Å². The van der Waals surface area contributed by atoms with Gasteiger partial charge in [-0.25, -0.2) is 18.1 Å². The zero-order valence-corrected chi connectivity index (χ0v) is 13.4. The summed E-state index contributed by atoms with van der Waals surface area (Å²) >= 11 is 0. The first kappa shape index (κ1) is 15.2. The molecule has 1 aliphatic heterocycles. The molecule has 1 aliphatic rings. The Balaban J connectivity index is 1.54. The molecule has 22 heavy (non-hydrogen) atoms. The molecule has 1 atom stereocenters. The van der Waals surface area contributed by atoms with Crippen LogP contribution in [0.1, 0.15) is 18.1 Å². The molecule has 6 nitrogen and oxygen atoms in total. The van der Waals surface area contributed by atoms with Gasteiger partial charge in [0.15, 0.2) is 9.84 Å². The first-order chi connectivity index (χ1) is 10.5. The zero-order chi connectivity index (χ0) is 15.6. The maximum Gasteiger partial charge on any atom is 0.179 e. The Labute approximate surface area is 130 Å². The van der Waals surface area contributed by atoms with Gasteiger partial charge in [-0.15, -0.1) is 0 Å². The van der Waals surface area contributed by atoms with E-state index in [4.69, 9.17) is 0 Å². The van der Waals surface area contributed by atoms with Crippen molar-refractivity contribution in [1.82, 2.24) is 20.1 Å². The molecular weight excluding hydrogens is 300 g/mol. The quantitative estimate of drug-likeness (QED) is 0.888. The minimum atomic E-state index is -3.21. The van der Waals surface area contributed by atoms with Crippen LogP contribution in [-0.4, -0.2) is 41.5 Å². The van der Waals surface area contributed by atoms with Crippen molar-refractivity contribution in [2.75, 3.05) is 12.3 Å². The average molecular weight is 320 g/mol. The van der Waals surface area contributed by atoms with Gasteiger partial charge >= 0.3 is 0 Å². The summed E-state index contributed by atoms with van der Waals surface area (Å²) in [6.07, 6.45) is 1.84. The lowest BCUT2D eigenvalue weighted by molar-refractivity contribution is 0.365. The van der Waals surface area contributed by atoms with Crippen molar-refractivity contribution >= 4 is 9.84 Å². The van der Waals surface area contributed by atoms with Crippen molar-refractivity contribution in [3.8, 4) is 0 Å². The molecule has 0 aliphatic carbocycles. The largest absolute Gasteiger partial charge is 0.311 e. The molecule has 0 radical (unpaired) electrons. The summed E-state index contributed by atoms with van der Waals surface area (Å²) in [4.78, 5) is 4.76. The maximum absolute atomic E-state index is 12.2. The molecule has 1 N–H and O–H groups in total. The number of aryl methyl sites for hydroxylation is 2. The fourth-order valence-corrected chi connectivity index (χ4v) is 3.94. The first-order valence-electron chi connectivity index (χ1n) is 7.46. The van der Waals surface area contributed by atoms with E-state index in [1.54, 1.807) is 24.3 Å². The smallest absolute Gasteiger partial charge is 0.179 e. The van der Waals surface area contributed by atoms with Crippen molar-refractivity contribution in [2.45, 2.75) is 37.2 Å². The molecule has 2 heterocycles. The van der Waals surface area contributed by atoms with Crippen LogP contribution in [0.5, 0.6) is 0 Å². The van der Waals surface area contributed by atoms with Gasteiger partial charge in [0.2, 0.25) is 0 Å². The van der Waals surface area contributed by atoms with Crippen LogP contribution in [0.25, 0.3) is 0 Å². The molecule has 0 bridgehead atoms. The molecule has 0 unspecified atom stereocenters. The predicted molar refractivity (Wildman–Crippen MR) is 83.4 cm³/mol. The summed E-state index contributed by atoms with van der Waals surface area (Å²) in [7, 11) is -3.21. The SMILES string of the molecule is Cc1nc2n(n1)C[C@@H](NCCS(=O)(=O)c1ccccc1)CC2. The molecule has 2 aromatic rings. The Morgan fingerprint density at radius 2 is 2.09 bits per heavy atom. The lowest BCUT2D eigenvalue weighted by atomic mass is 10.1. The molecule has 1 aromatic carbocycles. The van der Waals surface area contributed by atoms with Gasteiger partial charge in [0.25, 0.3) is 0 Å². The van der Waals surface area contributed by atoms with Gasteiger partial charge in [-0.05, 0) is 25.5 Å². The van der Waals surface area contributed by atoms with Gasteiger partial charge in [0.05, 0.1) is 17.2 Å². The molecule has 0 spiro atoms. The van der Waals surface area contributed by atoms with Crippen LogP contribution in [0.15, 0.2) is 35.2 Å². The number of fused-ring (bicyclic) bond motifs is 1. The minimum absolute atomic E-state index is 0.108. The third kappa shape index (κ3) is 3.36. The lowest BCUT2D eigenvalue weighted by Gasteiger charge is -2.23. The first-order valence-corrected chi connectivity index (χ1v) is 9.11. The number of sulfone groups is 1. The average Bonchev–Trinajstić information content (AvgIpc) is 2.87. The Morgan fingerprint density at radius 1 is 1.32 bits per heavy atom. The molecule has 7 heteroatoms. The highest BCUT2D eigenvalue weighted by atomic mass is 32.2. The van der Waals surface area contributed by atoms with E-state index in [0.29, 0.717) is 11.4 Å². The molecule has 0 saturated carbocycles. The van der Waals surface area contributed by atoms with Gasteiger partial charge in [0.1, 0.15) is 11.6 Å². The molecule has 0 fully saturated rings. The third-order valence-electron chi connectivity index (χ3n) is 3.87. The van der Waals surface area contributed by atoms with Crippen LogP contribution in [0, 0.1) is 6.92 Å². The van der Waals surface area contributed by atoms with Crippen LogP contribution in [0.4, 0.5) is 0 Å². The molecule has 0 saturated heterocycles. The van der Waals surface area contributed by atoms with E-state index in [1.807, 2.05) is 17.7 Å². The normalized spacial score (nSPS) is 18.1. The highest BCUT2D eigenvalue weighted by Crippen LogP contribution is 2.13. The van der Waals surface area contributed by atoms with Gasteiger partial charge in [-0.1, -0.05) is 18.2 Å². The molecule has 3 rings (SSSR count). The number of hydrogen-bond donors (Lipinski definition) is 1. The molecule has 118 valence electrons. The number of nitrogens with one attached hydrogen (secondary N) is 1. The Kier molecular flexibility index (Phi) is 4.26. The van der Waals surface area contributed by atoms with Crippen LogP contribution < -0.4 is 5.32 Å².